The molecule has 0 aliphatic rings. The van der Waals surface area contributed by atoms with Gasteiger partial charge in [0, 0.05) is 47.0 Å². The Morgan fingerprint density at radius 1 is 0.795 bits per heavy atom. The van der Waals surface area contributed by atoms with Crippen LogP contribution in [0.5, 0.6) is 0 Å². The standard InChI is InChI=1S/C29H33N5O5/c1-17(2)11-24(32-16-35)27(36)33-25(12-18-14-30-22-9-5-3-7-20(18)22)28(37)34-26(29(38)39)13-19-15-31-23-10-6-4-8-21(19)23/h3-10,14-17,24-26,30-31H,11-13H2,1-2H3,(H,32,35)(H,33,36)(H,34,37)(H,38,39)/t24-,25-,26+/m0/s1. The maximum Gasteiger partial charge on any atom is 0.326 e. The van der Waals surface area contributed by atoms with Crippen LogP contribution >= 0.6 is 0 Å². The molecule has 0 aliphatic heterocycles. The fourth-order valence-electron chi connectivity index (χ4n) is 4.80. The molecule has 10 nitrogen and oxygen atoms in total. The number of benzene rings is 2. The zero-order valence-corrected chi connectivity index (χ0v) is 21.9. The summed E-state index contributed by atoms with van der Waals surface area (Å²) in [6, 6.07) is 12.0. The number of carboxylic acids is 1. The first kappa shape index (κ1) is 27.4. The van der Waals surface area contributed by atoms with Gasteiger partial charge in [0.15, 0.2) is 0 Å². The second-order valence-corrected chi connectivity index (χ2v) is 10.1. The van der Waals surface area contributed by atoms with Gasteiger partial charge in [0.25, 0.3) is 0 Å². The third-order valence-electron chi connectivity index (χ3n) is 6.74. The van der Waals surface area contributed by atoms with E-state index >= 15 is 0 Å². The maximum atomic E-state index is 13.6. The Labute approximate surface area is 225 Å². The first-order valence-electron chi connectivity index (χ1n) is 12.9. The molecule has 3 amide bonds. The fourth-order valence-corrected chi connectivity index (χ4v) is 4.80. The molecule has 204 valence electrons. The van der Waals surface area contributed by atoms with E-state index in [0.717, 1.165) is 32.9 Å². The van der Waals surface area contributed by atoms with Crippen LogP contribution in [0.3, 0.4) is 0 Å². The number of aliphatic carboxylic acids is 1. The molecule has 0 unspecified atom stereocenters. The molecular weight excluding hydrogens is 498 g/mol. The number of aromatic amines is 2. The number of nitrogens with one attached hydrogen (secondary N) is 5. The maximum absolute atomic E-state index is 13.6. The molecule has 39 heavy (non-hydrogen) atoms. The van der Waals surface area contributed by atoms with Gasteiger partial charge in [-0.15, -0.1) is 0 Å². The van der Waals surface area contributed by atoms with Gasteiger partial charge in [0.1, 0.15) is 18.1 Å². The van der Waals surface area contributed by atoms with Gasteiger partial charge in [-0.2, -0.15) is 0 Å². The van der Waals surface area contributed by atoms with Gasteiger partial charge in [-0.3, -0.25) is 14.4 Å². The summed E-state index contributed by atoms with van der Waals surface area (Å²) in [5, 5.41) is 19.6. The molecule has 4 aromatic rings. The summed E-state index contributed by atoms with van der Waals surface area (Å²) in [5.41, 5.74) is 3.29. The molecule has 0 fully saturated rings. The smallest absolute Gasteiger partial charge is 0.326 e. The van der Waals surface area contributed by atoms with Gasteiger partial charge in [-0.05, 0) is 35.6 Å². The van der Waals surface area contributed by atoms with Gasteiger partial charge in [-0.1, -0.05) is 50.2 Å². The van der Waals surface area contributed by atoms with Crippen molar-refractivity contribution in [2.45, 2.75) is 51.2 Å². The summed E-state index contributed by atoms with van der Waals surface area (Å²) in [6.07, 6.45) is 4.53. The molecule has 2 aromatic carbocycles. The summed E-state index contributed by atoms with van der Waals surface area (Å²) in [7, 11) is 0. The number of para-hydroxylation sites is 2. The van der Waals surface area contributed by atoms with Crippen LogP contribution in [0.25, 0.3) is 21.8 Å². The quantitative estimate of drug-likeness (QED) is 0.146. The highest BCUT2D eigenvalue weighted by molar-refractivity contribution is 5.94. The Morgan fingerprint density at radius 3 is 1.79 bits per heavy atom. The second-order valence-electron chi connectivity index (χ2n) is 10.1. The largest absolute Gasteiger partial charge is 0.480 e. The van der Waals surface area contributed by atoms with Crippen molar-refractivity contribution in [1.82, 2.24) is 25.9 Å². The number of hydrogen-bond acceptors (Lipinski definition) is 4. The lowest BCUT2D eigenvalue weighted by molar-refractivity contribution is -0.142. The van der Waals surface area contributed by atoms with Crippen molar-refractivity contribution < 1.29 is 24.3 Å². The number of hydrogen-bond donors (Lipinski definition) is 6. The van der Waals surface area contributed by atoms with Crippen LogP contribution in [0.1, 0.15) is 31.4 Å². The Balaban J connectivity index is 1.58. The highest BCUT2D eigenvalue weighted by Gasteiger charge is 2.30. The van der Waals surface area contributed by atoms with Crippen LogP contribution in [0.4, 0.5) is 0 Å². The second kappa shape index (κ2) is 12.3. The van der Waals surface area contributed by atoms with Crippen molar-refractivity contribution in [2.24, 2.45) is 5.92 Å². The SMILES string of the molecule is CC(C)C[C@H](NC=O)C(=O)N[C@@H](Cc1c[nH]c2ccccc12)C(=O)N[C@H](Cc1c[nH]c2ccccc12)C(=O)O. The average molecular weight is 532 g/mol. The fraction of sp³-hybridized carbons (Fsp3) is 0.310. The van der Waals surface area contributed by atoms with Crippen molar-refractivity contribution in [3.8, 4) is 0 Å². The average Bonchev–Trinajstić information content (AvgIpc) is 3.51. The number of aromatic nitrogens is 2. The zero-order valence-electron chi connectivity index (χ0n) is 21.9. The molecule has 10 heteroatoms. The zero-order chi connectivity index (χ0) is 27.9. The molecule has 0 radical (unpaired) electrons. The van der Waals surface area contributed by atoms with Gasteiger partial charge in [-0.25, -0.2) is 4.79 Å². The monoisotopic (exact) mass is 531 g/mol. The summed E-state index contributed by atoms with van der Waals surface area (Å²) in [5.74, 6) is -2.22. The Hall–Kier alpha value is -4.60. The molecule has 0 spiro atoms. The van der Waals surface area contributed by atoms with E-state index in [4.69, 9.17) is 0 Å². The predicted molar refractivity (Wildman–Crippen MR) is 148 cm³/mol. The lowest BCUT2D eigenvalue weighted by Gasteiger charge is -2.24. The number of carbonyl (C=O) groups excluding carboxylic acids is 3. The highest BCUT2D eigenvalue weighted by Crippen LogP contribution is 2.21. The van der Waals surface area contributed by atoms with Crippen molar-refractivity contribution in [3.63, 3.8) is 0 Å². The van der Waals surface area contributed by atoms with Crippen molar-refractivity contribution in [1.29, 1.82) is 0 Å². The number of H-pyrrole nitrogens is 2. The van der Waals surface area contributed by atoms with Crippen LogP contribution in [-0.4, -0.2) is 57.4 Å². The normalized spacial score (nSPS) is 13.6. The van der Waals surface area contributed by atoms with Crippen molar-refractivity contribution >= 4 is 46.0 Å². The molecule has 6 N–H and O–H groups in total. The highest BCUT2D eigenvalue weighted by atomic mass is 16.4. The van der Waals surface area contributed by atoms with Crippen molar-refractivity contribution in [2.75, 3.05) is 0 Å². The van der Waals surface area contributed by atoms with E-state index in [9.17, 15) is 24.3 Å². The van der Waals surface area contributed by atoms with E-state index in [1.165, 1.54) is 0 Å². The molecule has 0 aliphatic carbocycles. The van der Waals surface area contributed by atoms with E-state index in [1.807, 2.05) is 62.4 Å². The third kappa shape index (κ3) is 6.64. The van der Waals surface area contributed by atoms with Crippen LogP contribution in [0, 0.1) is 5.92 Å². The molecule has 0 saturated carbocycles. The van der Waals surface area contributed by atoms with E-state index < -0.39 is 35.9 Å². The lowest BCUT2D eigenvalue weighted by atomic mass is 10.00. The number of amides is 3. The summed E-state index contributed by atoms with van der Waals surface area (Å²) in [6.45, 7) is 3.84. The van der Waals surface area contributed by atoms with Gasteiger partial charge in [0.2, 0.25) is 18.2 Å². The number of carboxylic acid groups (broad SMARTS) is 1. The Kier molecular flexibility index (Phi) is 8.65. The molecule has 0 saturated heterocycles. The summed E-state index contributed by atoms with van der Waals surface area (Å²) in [4.78, 5) is 56.3. The number of fused-ring (bicyclic) bond motifs is 2. The molecular formula is C29H33N5O5. The van der Waals surface area contributed by atoms with Gasteiger partial charge in [0.05, 0.1) is 0 Å². The third-order valence-corrected chi connectivity index (χ3v) is 6.74. The molecule has 2 aromatic heterocycles. The van der Waals surface area contributed by atoms with E-state index in [2.05, 4.69) is 25.9 Å². The molecule has 3 atom stereocenters. The topological polar surface area (TPSA) is 156 Å². The number of carbonyl (C=O) groups is 4. The minimum Gasteiger partial charge on any atom is -0.480 e. The van der Waals surface area contributed by atoms with Crippen LogP contribution < -0.4 is 16.0 Å². The predicted octanol–water partition coefficient (Wildman–Crippen LogP) is 2.65. The van der Waals surface area contributed by atoms with Crippen molar-refractivity contribution in [3.05, 3.63) is 72.1 Å². The molecule has 0 bridgehead atoms. The minimum atomic E-state index is -1.22. The van der Waals surface area contributed by atoms with Gasteiger partial charge >= 0.3 is 5.97 Å². The first-order valence-corrected chi connectivity index (χ1v) is 12.9. The van der Waals surface area contributed by atoms with Crippen LogP contribution in [0.15, 0.2) is 60.9 Å². The van der Waals surface area contributed by atoms with E-state index in [1.54, 1.807) is 12.4 Å². The first-order chi connectivity index (χ1) is 18.8. The molecule has 2 heterocycles. The summed E-state index contributed by atoms with van der Waals surface area (Å²) < 4.78 is 0. The lowest BCUT2D eigenvalue weighted by Crippen LogP contribution is -2.56. The van der Waals surface area contributed by atoms with E-state index in [-0.39, 0.29) is 18.8 Å². The van der Waals surface area contributed by atoms with Gasteiger partial charge < -0.3 is 31.0 Å². The number of rotatable bonds is 13. The minimum absolute atomic E-state index is 0.0571. The Bertz CT molecular complexity index is 1470. The van der Waals surface area contributed by atoms with E-state index in [0.29, 0.717) is 12.8 Å². The molecule has 4 rings (SSSR count). The summed E-state index contributed by atoms with van der Waals surface area (Å²) >= 11 is 0. The van der Waals surface area contributed by atoms with Crippen LogP contribution in [0.2, 0.25) is 0 Å². The Morgan fingerprint density at radius 2 is 1.28 bits per heavy atom. The van der Waals surface area contributed by atoms with Crippen LogP contribution in [-0.2, 0) is 32.0 Å².